The fourth-order valence-electron chi connectivity index (χ4n) is 6.28. The quantitative estimate of drug-likeness (QED) is 0.138. The maximum Gasteiger partial charge on any atom is 0.245 e. The highest BCUT2D eigenvalue weighted by atomic mass is 16.2. The summed E-state index contributed by atoms with van der Waals surface area (Å²) >= 11 is 0. The summed E-state index contributed by atoms with van der Waals surface area (Å²) in [6.45, 7) is 4.62. The lowest BCUT2D eigenvalue weighted by Crippen LogP contribution is -2.54. The van der Waals surface area contributed by atoms with Crippen molar-refractivity contribution in [2.45, 2.75) is 76.9 Å². The van der Waals surface area contributed by atoms with Crippen LogP contribution in [0.4, 0.5) is 0 Å². The van der Waals surface area contributed by atoms with E-state index in [1.807, 2.05) is 58.5 Å². The third-order valence-corrected chi connectivity index (χ3v) is 8.34. The number of guanidine groups is 1. The SMILES string of the molecule is CC(=O)N[C@@H](Cc1ccccc1)C(=O)N(CCCN=C(N)N)C1CCC(N(CCc2c[nH]c3ccccc23)C(C)=O)CC1. The predicted octanol–water partition coefficient (Wildman–Crippen LogP) is 3.11. The van der Waals surface area contributed by atoms with Gasteiger partial charge in [0.2, 0.25) is 17.7 Å². The molecule has 0 bridgehead atoms. The number of benzene rings is 2. The average Bonchev–Trinajstić information content (AvgIpc) is 3.40. The van der Waals surface area contributed by atoms with E-state index in [-0.39, 0.29) is 35.8 Å². The van der Waals surface area contributed by atoms with Crippen LogP contribution < -0.4 is 16.8 Å². The smallest absolute Gasteiger partial charge is 0.245 e. The number of amides is 3. The monoisotopic (exact) mass is 587 g/mol. The number of rotatable bonds is 13. The maximum absolute atomic E-state index is 14.0. The highest BCUT2D eigenvalue weighted by molar-refractivity contribution is 5.87. The molecule has 3 aromatic rings. The molecule has 1 fully saturated rings. The van der Waals surface area contributed by atoms with Gasteiger partial charge in [-0.25, -0.2) is 0 Å². The molecule has 0 spiro atoms. The van der Waals surface area contributed by atoms with Gasteiger partial charge in [0.15, 0.2) is 5.96 Å². The second-order valence-electron chi connectivity index (χ2n) is 11.4. The van der Waals surface area contributed by atoms with Crippen LogP contribution in [-0.2, 0) is 27.2 Å². The van der Waals surface area contributed by atoms with E-state index in [0.29, 0.717) is 32.5 Å². The average molecular weight is 588 g/mol. The molecule has 2 aromatic carbocycles. The summed E-state index contributed by atoms with van der Waals surface area (Å²) in [5, 5.41) is 4.08. The van der Waals surface area contributed by atoms with Gasteiger partial charge in [-0.3, -0.25) is 19.4 Å². The Morgan fingerprint density at radius 1 is 0.930 bits per heavy atom. The summed E-state index contributed by atoms with van der Waals surface area (Å²) in [5.74, 6) is -0.252. The molecule has 230 valence electrons. The number of hydrogen-bond donors (Lipinski definition) is 4. The van der Waals surface area contributed by atoms with E-state index in [9.17, 15) is 14.4 Å². The summed E-state index contributed by atoms with van der Waals surface area (Å²) in [5.41, 5.74) is 14.3. The predicted molar refractivity (Wildman–Crippen MR) is 170 cm³/mol. The molecule has 43 heavy (non-hydrogen) atoms. The molecule has 0 unspecified atom stereocenters. The highest BCUT2D eigenvalue weighted by Crippen LogP contribution is 2.29. The lowest BCUT2D eigenvalue weighted by Gasteiger charge is -2.41. The van der Waals surface area contributed by atoms with Gasteiger partial charge in [0.25, 0.3) is 0 Å². The molecule has 6 N–H and O–H groups in total. The number of H-pyrrole nitrogens is 1. The molecule has 10 nitrogen and oxygen atoms in total. The van der Waals surface area contributed by atoms with Gasteiger partial charge >= 0.3 is 0 Å². The summed E-state index contributed by atoms with van der Waals surface area (Å²) in [4.78, 5) is 50.2. The molecule has 0 aliphatic heterocycles. The minimum atomic E-state index is -0.675. The Kier molecular flexibility index (Phi) is 11.2. The number of nitrogens with two attached hydrogens (primary N) is 2. The van der Waals surface area contributed by atoms with Crippen molar-refractivity contribution in [2.75, 3.05) is 19.6 Å². The van der Waals surface area contributed by atoms with Gasteiger partial charge in [0.1, 0.15) is 6.04 Å². The second kappa shape index (κ2) is 15.2. The molecule has 3 amide bonds. The number of para-hydroxylation sites is 1. The number of hydrogen-bond acceptors (Lipinski definition) is 4. The number of aromatic nitrogens is 1. The van der Waals surface area contributed by atoms with Gasteiger partial charge in [0.05, 0.1) is 0 Å². The Morgan fingerprint density at radius 2 is 1.58 bits per heavy atom. The molecule has 1 aromatic heterocycles. The number of fused-ring (bicyclic) bond motifs is 1. The van der Waals surface area contributed by atoms with Crippen molar-refractivity contribution in [1.29, 1.82) is 0 Å². The molecule has 0 radical (unpaired) electrons. The lowest BCUT2D eigenvalue weighted by atomic mass is 9.88. The molecule has 1 heterocycles. The molecular weight excluding hydrogens is 542 g/mol. The van der Waals surface area contributed by atoms with Crippen molar-refractivity contribution >= 4 is 34.6 Å². The zero-order chi connectivity index (χ0) is 30.8. The fourth-order valence-corrected chi connectivity index (χ4v) is 6.28. The third-order valence-electron chi connectivity index (χ3n) is 8.34. The zero-order valence-electron chi connectivity index (χ0n) is 25.3. The van der Waals surface area contributed by atoms with Gasteiger partial charge in [-0.05, 0) is 55.7 Å². The summed E-state index contributed by atoms with van der Waals surface area (Å²) in [6.07, 6.45) is 6.97. The van der Waals surface area contributed by atoms with Crippen LogP contribution in [0.3, 0.4) is 0 Å². The van der Waals surface area contributed by atoms with Crippen molar-refractivity contribution in [3.63, 3.8) is 0 Å². The summed E-state index contributed by atoms with van der Waals surface area (Å²) < 4.78 is 0. The van der Waals surface area contributed by atoms with Crippen LogP contribution in [0.25, 0.3) is 10.9 Å². The number of carbonyl (C=O) groups is 3. The Labute approximate surface area is 253 Å². The fraction of sp³-hybridized carbons (Fsp3) is 0.455. The Bertz CT molecular complexity index is 1390. The first-order chi connectivity index (χ1) is 20.7. The van der Waals surface area contributed by atoms with Crippen LogP contribution in [0.15, 0.2) is 65.8 Å². The summed E-state index contributed by atoms with van der Waals surface area (Å²) in [6, 6.07) is 17.4. The normalized spacial score (nSPS) is 17.2. The third kappa shape index (κ3) is 8.83. The maximum atomic E-state index is 14.0. The molecule has 1 atom stereocenters. The van der Waals surface area contributed by atoms with Gasteiger partial charge in [-0.1, -0.05) is 48.5 Å². The van der Waals surface area contributed by atoms with E-state index in [1.165, 1.54) is 17.9 Å². The molecule has 1 aliphatic carbocycles. The van der Waals surface area contributed by atoms with E-state index in [1.54, 1.807) is 6.92 Å². The Balaban J connectivity index is 1.44. The first kappa shape index (κ1) is 31.6. The van der Waals surface area contributed by atoms with Crippen LogP contribution in [0.2, 0.25) is 0 Å². The highest BCUT2D eigenvalue weighted by Gasteiger charge is 2.34. The van der Waals surface area contributed by atoms with Crippen LogP contribution in [0.1, 0.15) is 57.1 Å². The molecule has 10 heteroatoms. The van der Waals surface area contributed by atoms with E-state index >= 15 is 0 Å². The van der Waals surface area contributed by atoms with E-state index in [4.69, 9.17) is 11.5 Å². The van der Waals surface area contributed by atoms with E-state index < -0.39 is 6.04 Å². The largest absolute Gasteiger partial charge is 0.370 e. The van der Waals surface area contributed by atoms with Crippen molar-refractivity contribution in [1.82, 2.24) is 20.1 Å². The number of nitrogens with one attached hydrogen (secondary N) is 2. The van der Waals surface area contributed by atoms with Gasteiger partial charge < -0.3 is 31.6 Å². The molecule has 1 aliphatic rings. The van der Waals surface area contributed by atoms with Crippen molar-refractivity contribution in [3.05, 3.63) is 71.9 Å². The summed E-state index contributed by atoms with van der Waals surface area (Å²) in [7, 11) is 0. The number of carbonyl (C=O) groups excluding carboxylic acids is 3. The zero-order valence-corrected chi connectivity index (χ0v) is 25.3. The Morgan fingerprint density at radius 3 is 2.23 bits per heavy atom. The van der Waals surface area contributed by atoms with Crippen molar-refractivity contribution < 1.29 is 14.4 Å². The minimum Gasteiger partial charge on any atom is -0.370 e. The van der Waals surface area contributed by atoms with Gasteiger partial charge in [-0.2, -0.15) is 0 Å². The second-order valence-corrected chi connectivity index (χ2v) is 11.4. The first-order valence-electron chi connectivity index (χ1n) is 15.2. The minimum absolute atomic E-state index is 0.00240. The lowest BCUT2D eigenvalue weighted by molar-refractivity contribution is -0.140. The van der Waals surface area contributed by atoms with Crippen LogP contribution in [0, 0.1) is 0 Å². The van der Waals surface area contributed by atoms with Crippen LogP contribution in [-0.4, -0.2) is 76.2 Å². The molecular formula is C33H45N7O3. The molecule has 4 rings (SSSR count). The van der Waals surface area contributed by atoms with Crippen molar-refractivity contribution in [3.8, 4) is 0 Å². The van der Waals surface area contributed by atoms with Gasteiger partial charge in [0, 0.05) is 69.1 Å². The number of nitrogens with zero attached hydrogens (tertiary/aromatic N) is 3. The Hall–Kier alpha value is -4.34. The van der Waals surface area contributed by atoms with E-state index in [0.717, 1.165) is 43.2 Å². The molecule has 0 saturated heterocycles. The van der Waals surface area contributed by atoms with E-state index in [2.05, 4.69) is 27.4 Å². The number of aliphatic imine (C=N–C) groups is 1. The van der Waals surface area contributed by atoms with Gasteiger partial charge in [-0.15, -0.1) is 0 Å². The van der Waals surface area contributed by atoms with Crippen LogP contribution in [0.5, 0.6) is 0 Å². The van der Waals surface area contributed by atoms with Crippen LogP contribution >= 0.6 is 0 Å². The molecule has 1 saturated carbocycles. The first-order valence-corrected chi connectivity index (χ1v) is 15.2. The standard InChI is InChI=1S/C33H45N7O3/c1-23(41)38-31(21-25-9-4-3-5-10-25)32(43)40(19-8-18-36-33(34)35)28-15-13-27(14-16-28)39(24(2)42)20-17-26-22-37-30-12-7-6-11-29(26)30/h3-7,9-12,22,27-28,31,37H,8,13-21H2,1-2H3,(H,38,41)(H4,34,35,36)/t27?,28?,31-/m0/s1. The topological polar surface area (TPSA) is 150 Å². The number of aromatic amines is 1. The van der Waals surface area contributed by atoms with Crippen molar-refractivity contribution in [2.24, 2.45) is 16.5 Å².